The molecule has 0 fully saturated rings. The summed E-state index contributed by atoms with van der Waals surface area (Å²) in [6.07, 6.45) is -3.42. The zero-order valence-electron chi connectivity index (χ0n) is 11.0. The van der Waals surface area contributed by atoms with E-state index in [0.717, 1.165) is 18.4 Å². The Labute approximate surface area is 114 Å². The zero-order valence-corrected chi connectivity index (χ0v) is 11.0. The number of anilines is 1. The molecule has 0 aliphatic carbocycles. The second-order valence-corrected chi connectivity index (χ2v) is 4.35. The highest BCUT2D eigenvalue weighted by molar-refractivity contribution is 5.85. The molecule has 0 radical (unpaired) electrons. The van der Waals surface area contributed by atoms with E-state index in [1.54, 1.807) is 24.3 Å². The van der Waals surface area contributed by atoms with Gasteiger partial charge in [0, 0.05) is 11.9 Å². The number of hydrogen-bond donors (Lipinski definition) is 1. The van der Waals surface area contributed by atoms with Gasteiger partial charge in [-0.25, -0.2) is 4.98 Å². The molecule has 0 saturated carbocycles. The van der Waals surface area contributed by atoms with Crippen LogP contribution in [0.3, 0.4) is 0 Å². The lowest BCUT2D eigenvalue weighted by Crippen LogP contribution is -2.19. The minimum absolute atomic E-state index is 0.139. The van der Waals surface area contributed by atoms with Gasteiger partial charge < -0.3 is 10.1 Å². The van der Waals surface area contributed by atoms with Gasteiger partial charge in [0.25, 0.3) is 0 Å². The van der Waals surface area contributed by atoms with E-state index in [1.165, 1.54) is 6.07 Å². The fraction of sp³-hybridized carbons (Fsp3) is 0.357. The van der Waals surface area contributed by atoms with Crippen LogP contribution in [0.4, 0.5) is 19.0 Å². The van der Waals surface area contributed by atoms with Crippen molar-refractivity contribution in [1.29, 1.82) is 0 Å². The molecule has 0 spiro atoms. The molecule has 0 aliphatic heterocycles. The van der Waals surface area contributed by atoms with Gasteiger partial charge in [0.15, 0.2) is 6.61 Å². The molecule has 1 N–H and O–H groups in total. The van der Waals surface area contributed by atoms with Crippen LogP contribution < -0.4 is 10.1 Å². The maximum Gasteiger partial charge on any atom is 0.422 e. The SMILES string of the molecule is CCCNc1ccc2cccc(OCC(F)(F)F)c2n1. The van der Waals surface area contributed by atoms with Crippen LogP contribution >= 0.6 is 0 Å². The van der Waals surface area contributed by atoms with Gasteiger partial charge in [0.2, 0.25) is 0 Å². The topological polar surface area (TPSA) is 34.1 Å². The van der Waals surface area contributed by atoms with Crippen LogP contribution in [-0.4, -0.2) is 24.3 Å². The normalized spacial score (nSPS) is 11.6. The average molecular weight is 284 g/mol. The summed E-state index contributed by atoms with van der Waals surface area (Å²) >= 11 is 0. The molecule has 0 saturated heterocycles. The molecule has 6 heteroatoms. The quantitative estimate of drug-likeness (QED) is 0.901. The molecule has 0 atom stereocenters. The summed E-state index contributed by atoms with van der Waals surface area (Å²) in [6.45, 7) is 1.45. The fourth-order valence-electron chi connectivity index (χ4n) is 1.75. The van der Waals surface area contributed by atoms with Crippen LogP contribution in [0.25, 0.3) is 10.9 Å². The van der Waals surface area contributed by atoms with E-state index in [4.69, 9.17) is 4.74 Å². The maximum atomic E-state index is 12.2. The number of pyridine rings is 1. The molecule has 3 nitrogen and oxygen atoms in total. The average Bonchev–Trinajstić information content (AvgIpc) is 2.41. The lowest BCUT2D eigenvalue weighted by molar-refractivity contribution is -0.153. The Morgan fingerprint density at radius 1 is 1.20 bits per heavy atom. The Bertz CT molecular complexity index is 584. The standard InChI is InChI=1S/C14H15F3N2O/c1-2-8-18-12-7-6-10-4-3-5-11(13(10)19-12)20-9-14(15,16)17/h3-7H,2,8-9H2,1H3,(H,18,19). The molecular weight excluding hydrogens is 269 g/mol. The monoisotopic (exact) mass is 284 g/mol. The summed E-state index contributed by atoms with van der Waals surface area (Å²) in [5.41, 5.74) is 0.429. The minimum atomic E-state index is -4.36. The smallest absolute Gasteiger partial charge is 0.422 e. The number of fused-ring (bicyclic) bond motifs is 1. The number of rotatable bonds is 5. The Morgan fingerprint density at radius 2 is 2.00 bits per heavy atom. The number of benzene rings is 1. The van der Waals surface area contributed by atoms with E-state index in [1.807, 2.05) is 6.92 Å². The van der Waals surface area contributed by atoms with Gasteiger partial charge in [-0.3, -0.25) is 0 Å². The van der Waals surface area contributed by atoms with Gasteiger partial charge in [0.05, 0.1) is 0 Å². The molecule has 0 aliphatic rings. The number of alkyl halides is 3. The third-order valence-electron chi connectivity index (χ3n) is 2.63. The number of para-hydroxylation sites is 1. The Hall–Kier alpha value is -1.98. The largest absolute Gasteiger partial charge is 0.482 e. The summed E-state index contributed by atoms with van der Waals surface area (Å²) in [7, 11) is 0. The first-order chi connectivity index (χ1) is 9.49. The van der Waals surface area contributed by atoms with Gasteiger partial charge >= 0.3 is 6.18 Å². The van der Waals surface area contributed by atoms with E-state index in [0.29, 0.717) is 11.3 Å². The Morgan fingerprint density at radius 3 is 2.70 bits per heavy atom. The van der Waals surface area contributed by atoms with Crippen molar-refractivity contribution in [2.45, 2.75) is 19.5 Å². The number of aromatic nitrogens is 1. The number of nitrogens with zero attached hydrogens (tertiary/aromatic N) is 1. The third kappa shape index (κ3) is 3.76. The van der Waals surface area contributed by atoms with Crippen molar-refractivity contribution in [3.05, 3.63) is 30.3 Å². The Kier molecular flexibility index (Phi) is 4.32. The second-order valence-electron chi connectivity index (χ2n) is 4.35. The van der Waals surface area contributed by atoms with Crippen LogP contribution in [0.5, 0.6) is 5.75 Å². The highest BCUT2D eigenvalue weighted by Gasteiger charge is 2.28. The molecule has 2 rings (SSSR count). The maximum absolute atomic E-state index is 12.2. The van der Waals surface area contributed by atoms with Gasteiger partial charge in [-0.2, -0.15) is 13.2 Å². The van der Waals surface area contributed by atoms with Crippen LogP contribution in [-0.2, 0) is 0 Å². The molecule has 0 unspecified atom stereocenters. The van der Waals surface area contributed by atoms with E-state index >= 15 is 0 Å². The van der Waals surface area contributed by atoms with Crippen molar-refractivity contribution < 1.29 is 17.9 Å². The van der Waals surface area contributed by atoms with E-state index < -0.39 is 12.8 Å². The highest BCUT2D eigenvalue weighted by Crippen LogP contribution is 2.27. The van der Waals surface area contributed by atoms with Crippen molar-refractivity contribution in [3.63, 3.8) is 0 Å². The molecule has 0 bridgehead atoms. The summed E-state index contributed by atoms with van der Waals surface area (Å²) < 4.78 is 41.5. The van der Waals surface area contributed by atoms with Gasteiger partial charge in [0.1, 0.15) is 17.1 Å². The van der Waals surface area contributed by atoms with Crippen molar-refractivity contribution >= 4 is 16.7 Å². The Balaban J connectivity index is 2.28. The van der Waals surface area contributed by atoms with Crippen LogP contribution in [0.1, 0.15) is 13.3 Å². The summed E-state index contributed by atoms with van der Waals surface area (Å²) in [4.78, 5) is 4.31. The predicted octanol–water partition coefficient (Wildman–Crippen LogP) is 4.00. The van der Waals surface area contributed by atoms with Crippen molar-refractivity contribution in [3.8, 4) is 5.75 Å². The number of halogens is 3. The van der Waals surface area contributed by atoms with Crippen molar-refractivity contribution in [2.75, 3.05) is 18.5 Å². The number of ether oxygens (including phenoxy) is 1. The fourth-order valence-corrected chi connectivity index (χ4v) is 1.75. The minimum Gasteiger partial charge on any atom is -0.482 e. The van der Waals surface area contributed by atoms with Crippen LogP contribution in [0.2, 0.25) is 0 Å². The van der Waals surface area contributed by atoms with E-state index in [9.17, 15) is 13.2 Å². The zero-order chi connectivity index (χ0) is 14.6. The predicted molar refractivity (Wildman–Crippen MR) is 72.1 cm³/mol. The van der Waals surface area contributed by atoms with Crippen LogP contribution in [0.15, 0.2) is 30.3 Å². The molecule has 20 heavy (non-hydrogen) atoms. The molecule has 0 amide bonds. The molecular formula is C14H15F3N2O. The molecule has 108 valence electrons. The van der Waals surface area contributed by atoms with Gasteiger partial charge in [-0.05, 0) is 24.6 Å². The summed E-state index contributed by atoms with van der Waals surface area (Å²) in [5, 5.41) is 3.84. The highest BCUT2D eigenvalue weighted by atomic mass is 19.4. The summed E-state index contributed by atoms with van der Waals surface area (Å²) in [5.74, 6) is 0.766. The lowest BCUT2D eigenvalue weighted by atomic mass is 10.2. The van der Waals surface area contributed by atoms with Crippen molar-refractivity contribution in [2.24, 2.45) is 0 Å². The van der Waals surface area contributed by atoms with E-state index in [2.05, 4.69) is 10.3 Å². The number of nitrogens with one attached hydrogen (secondary N) is 1. The molecule has 1 aromatic carbocycles. The first-order valence-electron chi connectivity index (χ1n) is 6.33. The first kappa shape index (κ1) is 14.4. The third-order valence-corrected chi connectivity index (χ3v) is 2.63. The van der Waals surface area contributed by atoms with Crippen molar-refractivity contribution in [1.82, 2.24) is 4.98 Å². The molecule has 1 heterocycles. The molecule has 2 aromatic rings. The second kappa shape index (κ2) is 5.98. The molecule has 1 aromatic heterocycles. The van der Waals surface area contributed by atoms with Crippen LogP contribution in [0, 0.1) is 0 Å². The van der Waals surface area contributed by atoms with E-state index in [-0.39, 0.29) is 5.75 Å². The lowest BCUT2D eigenvalue weighted by Gasteiger charge is -2.12. The summed E-state index contributed by atoms with van der Waals surface area (Å²) in [6, 6.07) is 8.53. The first-order valence-corrected chi connectivity index (χ1v) is 6.33. The van der Waals surface area contributed by atoms with Gasteiger partial charge in [-0.1, -0.05) is 19.1 Å². The van der Waals surface area contributed by atoms with Gasteiger partial charge in [-0.15, -0.1) is 0 Å². The number of hydrogen-bond acceptors (Lipinski definition) is 3.